The lowest BCUT2D eigenvalue weighted by atomic mass is 10.1. The Morgan fingerprint density at radius 2 is 2.03 bits per heavy atom. The van der Waals surface area contributed by atoms with Crippen molar-refractivity contribution < 1.29 is 13.5 Å². The van der Waals surface area contributed by atoms with Gasteiger partial charge in [0.1, 0.15) is 30.1 Å². The fraction of sp³-hybridized carbons (Fsp3) is 0.286. The van der Waals surface area contributed by atoms with E-state index in [1.165, 1.54) is 12.5 Å². The Hall–Kier alpha value is -4.38. The molecule has 3 N–H and O–H groups in total. The van der Waals surface area contributed by atoms with Gasteiger partial charge in [0, 0.05) is 69.4 Å². The average Bonchev–Trinajstić information content (AvgIpc) is 3.53. The first-order valence-corrected chi connectivity index (χ1v) is 12.6. The summed E-state index contributed by atoms with van der Waals surface area (Å²) in [6.07, 6.45) is 8.30. The third-order valence-corrected chi connectivity index (χ3v) is 6.55. The fourth-order valence-electron chi connectivity index (χ4n) is 4.49. The first-order chi connectivity index (χ1) is 18.9. The number of benzene rings is 1. The van der Waals surface area contributed by atoms with Crippen molar-refractivity contribution in [3.05, 3.63) is 78.5 Å². The molecular formula is C28H30F2N8O. The first kappa shape index (κ1) is 26.2. The third kappa shape index (κ3) is 6.37. The molecule has 4 aromatic rings. The van der Waals surface area contributed by atoms with Crippen molar-refractivity contribution in [2.24, 2.45) is 10.7 Å². The van der Waals surface area contributed by atoms with Crippen LogP contribution in [-0.2, 0) is 6.54 Å². The number of halogens is 2. The molecule has 9 nitrogen and oxygen atoms in total. The molecule has 1 aliphatic rings. The Bertz CT molecular complexity index is 1480. The van der Waals surface area contributed by atoms with Crippen LogP contribution < -0.4 is 15.8 Å². The van der Waals surface area contributed by atoms with Gasteiger partial charge in [-0.15, -0.1) is 0 Å². The van der Waals surface area contributed by atoms with Gasteiger partial charge in [-0.3, -0.25) is 14.3 Å². The predicted molar refractivity (Wildman–Crippen MR) is 148 cm³/mol. The predicted octanol–water partition coefficient (Wildman–Crippen LogP) is 4.12. The van der Waals surface area contributed by atoms with Gasteiger partial charge in [-0.25, -0.2) is 23.7 Å². The van der Waals surface area contributed by atoms with E-state index in [1.807, 2.05) is 53.1 Å². The minimum atomic E-state index is -2.59. The molecule has 39 heavy (non-hydrogen) atoms. The van der Waals surface area contributed by atoms with Crippen molar-refractivity contribution in [2.45, 2.75) is 18.9 Å². The normalized spacial score (nSPS) is 15.8. The van der Waals surface area contributed by atoms with Gasteiger partial charge in [0.05, 0.1) is 24.1 Å². The number of allylic oxidation sites excluding steroid dienone is 1. The minimum Gasteiger partial charge on any atom is -0.492 e. The number of imidazole rings is 1. The number of anilines is 1. The molecule has 1 saturated heterocycles. The molecule has 0 aliphatic carbocycles. The topological polar surface area (TPSA) is 106 Å². The second kappa shape index (κ2) is 11.6. The van der Waals surface area contributed by atoms with Gasteiger partial charge in [0.15, 0.2) is 0 Å². The Kier molecular flexibility index (Phi) is 7.78. The van der Waals surface area contributed by atoms with E-state index < -0.39 is 5.92 Å². The first-order valence-electron chi connectivity index (χ1n) is 12.6. The zero-order chi connectivity index (χ0) is 27.2. The molecule has 0 spiro atoms. The highest BCUT2D eigenvalue weighted by molar-refractivity contribution is 6.09. The van der Waals surface area contributed by atoms with Crippen LogP contribution in [0.25, 0.3) is 22.6 Å². The Morgan fingerprint density at radius 3 is 2.77 bits per heavy atom. The number of aliphatic imine (C=N–C) groups is 1. The molecule has 0 amide bonds. The van der Waals surface area contributed by atoms with Crippen molar-refractivity contribution in [3.8, 4) is 17.1 Å². The van der Waals surface area contributed by atoms with Crippen LogP contribution in [0.1, 0.15) is 17.5 Å². The van der Waals surface area contributed by atoms with Crippen LogP contribution in [0.3, 0.4) is 0 Å². The van der Waals surface area contributed by atoms with Crippen LogP contribution in [-0.4, -0.2) is 69.7 Å². The smallest absolute Gasteiger partial charge is 0.261 e. The van der Waals surface area contributed by atoms with Gasteiger partial charge in [0.2, 0.25) is 0 Å². The van der Waals surface area contributed by atoms with E-state index in [2.05, 4.69) is 25.3 Å². The number of rotatable bonds is 10. The van der Waals surface area contributed by atoms with Crippen LogP contribution in [0.2, 0.25) is 0 Å². The van der Waals surface area contributed by atoms with Crippen LogP contribution in [0, 0.1) is 0 Å². The molecule has 5 rings (SSSR count). The molecule has 1 aliphatic heterocycles. The summed E-state index contributed by atoms with van der Waals surface area (Å²) < 4.78 is 34.4. The van der Waals surface area contributed by atoms with Gasteiger partial charge in [0.25, 0.3) is 5.92 Å². The highest BCUT2D eigenvalue weighted by atomic mass is 19.3. The van der Waals surface area contributed by atoms with E-state index >= 15 is 0 Å². The monoisotopic (exact) mass is 532 g/mol. The van der Waals surface area contributed by atoms with Gasteiger partial charge in [-0.2, -0.15) is 0 Å². The summed E-state index contributed by atoms with van der Waals surface area (Å²) in [7, 11) is 1.71. The lowest BCUT2D eigenvalue weighted by Gasteiger charge is -2.15. The summed E-state index contributed by atoms with van der Waals surface area (Å²) in [6, 6.07) is 13.6. The van der Waals surface area contributed by atoms with E-state index in [1.54, 1.807) is 24.4 Å². The Labute approximate surface area is 225 Å². The second-order valence-electron chi connectivity index (χ2n) is 9.31. The molecule has 1 aromatic carbocycles. The molecular weight excluding hydrogens is 502 g/mol. The maximum absolute atomic E-state index is 13.4. The molecule has 0 saturated carbocycles. The Balaban J connectivity index is 1.21. The summed E-state index contributed by atoms with van der Waals surface area (Å²) in [5.74, 6) is -1.27. The van der Waals surface area contributed by atoms with Crippen molar-refractivity contribution in [1.29, 1.82) is 0 Å². The van der Waals surface area contributed by atoms with E-state index in [9.17, 15) is 8.78 Å². The number of nitrogens with two attached hydrogens (primary N) is 1. The van der Waals surface area contributed by atoms with Crippen LogP contribution in [0.15, 0.2) is 72.4 Å². The molecule has 11 heteroatoms. The summed E-state index contributed by atoms with van der Waals surface area (Å²) >= 11 is 0. The highest BCUT2D eigenvalue weighted by Gasteiger charge is 2.37. The van der Waals surface area contributed by atoms with Crippen molar-refractivity contribution in [1.82, 2.24) is 24.3 Å². The minimum absolute atomic E-state index is 0.0910. The van der Waals surface area contributed by atoms with Crippen LogP contribution in [0.5, 0.6) is 5.75 Å². The number of hydrogen-bond donors (Lipinski definition) is 2. The zero-order valence-corrected chi connectivity index (χ0v) is 21.6. The molecule has 1 fully saturated rings. The number of aromatic nitrogens is 4. The van der Waals surface area contributed by atoms with E-state index in [-0.39, 0.29) is 13.0 Å². The standard InChI is InChI=1S/C28H30F2N8O/c1-32-16-22(14-31)21-4-2-20(3-5-21)15-33-26-13-24(35-19-36-26)25-17-34-27-12-23(6-8-38(25)27)39-11-10-37-9-7-28(29,30)18-37/h2-6,8,12-14,16-17,19H,7,9-11,15,18,31H2,1H3,(H,33,35,36). The number of likely N-dealkylation sites (tertiary alicyclic amines) is 1. The summed E-state index contributed by atoms with van der Waals surface area (Å²) in [5, 5.41) is 3.34. The third-order valence-electron chi connectivity index (χ3n) is 6.55. The highest BCUT2D eigenvalue weighted by Crippen LogP contribution is 2.27. The van der Waals surface area contributed by atoms with Gasteiger partial charge in [-0.1, -0.05) is 24.3 Å². The number of fused-ring (bicyclic) bond motifs is 1. The van der Waals surface area contributed by atoms with Gasteiger partial charge in [-0.05, 0) is 17.2 Å². The quantitative estimate of drug-likeness (QED) is 0.296. The van der Waals surface area contributed by atoms with E-state index in [0.717, 1.165) is 28.1 Å². The Morgan fingerprint density at radius 1 is 1.18 bits per heavy atom. The molecule has 0 radical (unpaired) electrons. The van der Waals surface area contributed by atoms with Gasteiger partial charge >= 0.3 is 0 Å². The number of pyridine rings is 1. The fourth-order valence-corrected chi connectivity index (χ4v) is 4.49. The van der Waals surface area contributed by atoms with Crippen LogP contribution in [0.4, 0.5) is 14.6 Å². The molecule has 3 aromatic heterocycles. The number of alkyl halides is 2. The number of hydrogen-bond acceptors (Lipinski definition) is 8. The van der Waals surface area contributed by atoms with Crippen LogP contribution >= 0.6 is 0 Å². The lowest BCUT2D eigenvalue weighted by molar-refractivity contribution is 0.0113. The molecule has 0 atom stereocenters. The van der Waals surface area contributed by atoms with Crippen molar-refractivity contribution >= 4 is 23.3 Å². The molecule has 4 heterocycles. The zero-order valence-electron chi connectivity index (χ0n) is 21.6. The molecule has 202 valence electrons. The maximum atomic E-state index is 13.4. The SMILES string of the molecule is CN=CC(=CN)c1ccc(CNc2cc(-c3cnc4cc(OCCN5CCC(F)(F)C5)ccn34)ncn2)cc1. The van der Waals surface area contributed by atoms with E-state index in [4.69, 9.17) is 10.5 Å². The maximum Gasteiger partial charge on any atom is 0.261 e. The summed E-state index contributed by atoms with van der Waals surface area (Å²) in [4.78, 5) is 19.0. The average molecular weight is 533 g/mol. The molecule has 0 unspecified atom stereocenters. The number of ether oxygens (including phenoxy) is 1. The van der Waals surface area contributed by atoms with E-state index in [0.29, 0.717) is 43.5 Å². The largest absolute Gasteiger partial charge is 0.492 e. The van der Waals surface area contributed by atoms with Crippen molar-refractivity contribution in [2.75, 3.05) is 38.6 Å². The second-order valence-corrected chi connectivity index (χ2v) is 9.31. The van der Waals surface area contributed by atoms with Gasteiger partial charge < -0.3 is 15.8 Å². The summed E-state index contributed by atoms with van der Waals surface area (Å²) in [5.41, 5.74) is 10.9. The summed E-state index contributed by atoms with van der Waals surface area (Å²) in [6.45, 7) is 1.57. The number of nitrogens with zero attached hydrogens (tertiary/aromatic N) is 6. The number of nitrogens with one attached hydrogen (secondary N) is 1. The van der Waals surface area contributed by atoms with Crippen molar-refractivity contribution in [3.63, 3.8) is 0 Å². The molecule has 0 bridgehead atoms. The lowest BCUT2D eigenvalue weighted by Crippen LogP contribution is -2.29.